The van der Waals surface area contributed by atoms with Gasteiger partial charge in [0.25, 0.3) is 0 Å². The van der Waals surface area contributed by atoms with Crippen LogP contribution in [0.25, 0.3) is 44.5 Å². The van der Waals surface area contributed by atoms with E-state index in [2.05, 4.69) is 234 Å². The Morgan fingerprint density at radius 1 is 0.508 bits per heavy atom. The smallest absolute Gasteiger partial charge is 0.0462 e. The first-order valence-electron chi connectivity index (χ1n) is 23.0. The Kier molecular flexibility index (Phi) is 9.50. The van der Waals surface area contributed by atoms with E-state index in [9.17, 15) is 0 Å². The van der Waals surface area contributed by atoms with Gasteiger partial charge in [-0.3, -0.25) is 0 Å². The Hall–Kier alpha value is -6.70. The van der Waals surface area contributed by atoms with Gasteiger partial charge in [-0.1, -0.05) is 197 Å². The second-order valence-electron chi connectivity index (χ2n) is 19.3. The third-order valence-electron chi connectivity index (χ3n) is 15.0. The van der Waals surface area contributed by atoms with E-state index in [0.717, 1.165) is 36.3 Å². The largest absolute Gasteiger partial charge is 0.311 e. The summed E-state index contributed by atoms with van der Waals surface area (Å²) < 4.78 is 0. The van der Waals surface area contributed by atoms with Gasteiger partial charge in [-0.05, 0) is 146 Å². The predicted molar refractivity (Wildman–Crippen MR) is 268 cm³/mol. The van der Waals surface area contributed by atoms with Crippen molar-refractivity contribution in [3.63, 3.8) is 0 Å². The first-order chi connectivity index (χ1) is 30.6. The number of allylic oxidation sites excluding steroid dienone is 8. The highest BCUT2D eigenvalue weighted by molar-refractivity contribution is 5.89. The SMILES string of the molecule is CC1C=C(c2ccc(N(c3ccc(-c4ccc(-c5ccccc5)cc4)cc3)c3ccc(-c4ccc5c(c4)C(C)(C)C4=C5C=CCC4)cc3)cc2)C=C2CC1c1ccccc1C2(C)C. The van der Waals surface area contributed by atoms with Crippen LogP contribution in [0.5, 0.6) is 0 Å². The minimum absolute atomic E-state index is 0.00110. The first-order valence-corrected chi connectivity index (χ1v) is 23.0. The number of benzene rings is 7. The average molecular weight is 814 g/mol. The second kappa shape index (κ2) is 15.3. The van der Waals surface area contributed by atoms with Gasteiger partial charge in [0.15, 0.2) is 0 Å². The first kappa shape index (κ1) is 39.2. The Labute approximate surface area is 374 Å². The van der Waals surface area contributed by atoms with Crippen LogP contribution in [0.2, 0.25) is 0 Å². The zero-order chi connectivity index (χ0) is 42.9. The van der Waals surface area contributed by atoms with Crippen molar-refractivity contribution in [1.29, 1.82) is 0 Å². The van der Waals surface area contributed by atoms with Crippen molar-refractivity contribution in [3.8, 4) is 33.4 Å². The van der Waals surface area contributed by atoms with E-state index >= 15 is 0 Å². The molecule has 1 heteroatoms. The molecule has 7 aromatic carbocycles. The summed E-state index contributed by atoms with van der Waals surface area (Å²) in [5, 5.41) is 0. The zero-order valence-corrected chi connectivity index (χ0v) is 37.2. The molecule has 11 rings (SSSR count). The normalized spacial score (nSPS) is 19.0. The quantitative estimate of drug-likeness (QED) is 0.155. The van der Waals surface area contributed by atoms with Gasteiger partial charge in [0, 0.05) is 27.9 Å². The minimum Gasteiger partial charge on any atom is -0.311 e. The third kappa shape index (κ3) is 6.77. The molecule has 2 unspecified atom stereocenters. The molecule has 4 aliphatic carbocycles. The summed E-state index contributed by atoms with van der Waals surface area (Å²) in [4.78, 5) is 2.40. The molecule has 0 fully saturated rings. The van der Waals surface area contributed by atoms with Crippen molar-refractivity contribution >= 4 is 28.2 Å². The Bertz CT molecular complexity index is 2990. The highest BCUT2D eigenvalue weighted by Gasteiger charge is 2.40. The molecule has 0 N–H and O–H groups in total. The summed E-state index contributed by atoms with van der Waals surface area (Å²) in [6.07, 6.45) is 13.1. The molecule has 1 nitrogen and oxygen atoms in total. The van der Waals surface area contributed by atoms with Crippen molar-refractivity contribution in [1.82, 2.24) is 0 Å². The van der Waals surface area contributed by atoms with Gasteiger partial charge in [0.1, 0.15) is 0 Å². The van der Waals surface area contributed by atoms with E-state index < -0.39 is 0 Å². The van der Waals surface area contributed by atoms with Gasteiger partial charge < -0.3 is 4.90 Å². The van der Waals surface area contributed by atoms with Gasteiger partial charge in [0.2, 0.25) is 0 Å². The average Bonchev–Trinajstić information content (AvgIpc) is 3.43. The highest BCUT2D eigenvalue weighted by Crippen LogP contribution is 2.53. The van der Waals surface area contributed by atoms with Gasteiger partial charge in [-0.15, -0.1) is 0 Å². The maximum Gasteiger partial charge on any atom is 0.0462 e. The molecule has 2 atom stereocenters. The van der Waals surface area contributed by atoms with E-state index in [-0.39, 0.29) is 10.8 Å². The number of nitrogens with zero attached hydrogens (tertiary/aromatic N) is 1. The molecular formula is C62H55N. The van der Waals surface area contributed by atoms with E-state index in [1.807, 2.05) is 0 Å². The Balaban J connectivity index is 0.936. The lowest BCUT2D eigenvalue weighted by Crippen LogP contribution is -2.30. The van der Waals surface area contributed by atoms with Crippen LogP contribution in [0, 0.1) is 5.92 Å². The Morgan fingerprint density at radius 2 is 1.03 bits per heavy atom. The van der Waals surface area contributed by atoms with Crippen molar-refractivity contribution in [2.75, 3.05) is 4.90 Å². The van der Waals surface area contributed by atoms with Crippen LogP contribution < -0.4 is 4.90 Å². The maximum absolute atomic E-state index is 2.52. The number of rotatable bonds is 7. The second-order valence-corrected chi connectivity index (χ2v) is 19.3. The summed E-state index contributed by atoms with van der Waals surface area (Å²) in [7, 11) is 0. The van der Waals surface area contributed by atoms with Crippen LogP contribution in [-0.4, -0.2) is 0 Å². The van der Waals surface area contributed by atoms with Crippen molar-refractivity contribution in [2.45, 2.75) is 70.6 Å². The van der Waals surface area contributed by atoms with E-state index in [4.69, 9.17) is 0 Å². The number of fused-ring (bicyclic) bond motifs is 6. The predicted octanol–water partition coefficient (Wildman–Crippen LogP) is 17.0. The van der Waals surface area contributed by atoms with E-state index in [1.54, 1.807) is 5.57 Å². The number of hydrogen-bond donors (Lipinski definition) is 0. The van der Waals surface area contributed by atoms with Crippen molar-refractivity contribution in [3.05, 3.63) is 233 Å². The molecule has 0 aliphatic heterocycles. The molecule has 308 valence electrons. The zero-order valence-electron chi connectivity index (χ0n) is 37.2. The van der Waals surface area contributed by atoms with Crippen molar-refractivity contribution in [2.24, 2.45) is 5.92 Å². The molecule has 0 amide bonds. The van der Waals surface area contributed by atoms with Crippen LogP contribution in [0.15, 0.2) is 205 Å². The van der Waals surface area contributed by atoms with E-state index in [1.165, 1.54) is 77.9 Å². The van der Waals surface area contributed by atoms with Crippen LogP contribution >= 0.6 is 0 Å². The summed E-state index contributed by atoms with van der Waals surface area (Å²) >= 11 is 0. The molecule has 0 radical (unpaired) electrons. The summed E-state index contributed by atoms with van der Waals surface area (Å²) in [6.45, 7) is 12.0. The molecule has 0 saturated carbocycles. The van der Waals surface area contributed by atoms with Gasteiger partial charge in [-0.25, -0.2) is 0 Å². The molecule has 0 saturated heterocycles. The van der Waals surface area contributed by atoms with Crippen LogP contribution in [0.3, 0.4) is 0 Å². The molecule has 4 aliphatic rings. The molecule has 0 aromatic heterocycles. The minimum atomic E-state index is -0.00110. The molecule has 7 aromatic rings. The van der Waals surface area contributed by atoms with Crippen LogP contribution in [0.1, 0.15) is 87.6 Å². The molecule has 63 heavy (non-hydrogen) atoms. The standard InChI is InChI=1S/C62H55N/c1-41-37-49(38-50-40-57(41)55-16-10-11-17-58(55)61(50,2)3)47-27-34-53(35-28-47)63(51-30-23-45(24-31-51)44-21-19-43(20-22-44)42-13-7-6-8-14-42)52-32-25-46(26-33-52)48-29-36-56-54-15-9-12-18-59(54)62(4,5)60(56)39-48/h6-11,13-17,19-39,41,57H,12,18,40H2,1-5H3. The summed E-state index contributed by atoms with van der Waals surface area (Å²) in [6, 6.07) is 63.4. The summed E-state index contributed by atoms with van der Waals surface area (Å²) in [5.74, 6) is 0.937. The van der Waals surface area contributed by atoms with Crippen molar-refractivity contribution < 1.29 is 0 Å². The molecule has 2 bridgehead atoms. The Morgan fingerprint density at radius 3 is 1.67 bits per heavy atom. The van der Waals surface area contributed by atoms with E-state index in [0.29, 0.717) is 11.8 Å². The lowest BCUT2D eigenvalue weighted by molar-refractivity contribution is 0.454. The fourth-order valence-electron chi connectivity index (χ4n) is 11.2. The lowest BCUT2D eigenvalue weighted by atomic mass is 9.64. The fourth-order valence-corrected chi connectivity index (χ4v) is 11.2. The van der Waals surface area contributed by atoms with Gasteiger partial charge >= 0.3 is 0 Å². The van der Waals surface area contributed by atoms with Crippen LogP contribution in [0.4, 0.5) is 17.1 Å². The highest BCUT2D eigenvalue weighted by atomic mass is 15.1. The van der Waals surface area contributed by atoms with Gasteiger partial charge in [-0.2, -0.15) is 0 Å². The molecule has 0 spiro atoms. The lowest BCUT2D eigenvalue weighted by Gasteiger charge is -2.40. The fraction of sp³-hybridized carbons (Fsp3) is 0.194. The molecular weight excluding hydrogens is 759 g/mol. The number of anilines is 3. The third-order valence-corrected chi connectivity index (χ3v) is 15.0. The monoisotopic (exact) mass is 813 g/mol. The topological polar surface area (TPSA) is 3.24 Å². The maximum atomic E-state index is 2.52. The van der Waals surface area contributed by atoms with Crippen LogP contribution in [-0.2, 0) is 10.8 Å². The van der Waals surface area contributed by atoms with Gasteiger partial charge in [0.05, 0.1) is 0 Å². The number of hydrogen-bond acceptors (Lipinski definition) is 1. The molecule has 0 heterocycles. The summed E-state index contributed by atoms with van der Waals surface area (Å²) in [5.41, 5.74) is 23.8.